The second-order valence-corrected chi connectivity index (χ2v) is 4.34. The number of likely N-dealkylation sites (N-methyl/N-ethyl adjacent to an activating group) is 1. The average molecular weight is 329 g/mol. The predicted molar refractivity (Wildman–Crippen MR) is 72.9 cm³/mol. The molecule has 0 saturated carbocycles. The maximum absolute atomic E-state index is 11.9. The van der Waals surface area contributed by atoms with Crippen LogP contribution in [0, 0.1) is 0 Å². The zero-order chi connectivity index (χ0) is 15.8. The molecule has 0 aromatic carbocycles. The van der Waals surface area contributed by atoms with Crippen LogP contribution in [0.5, 0.6) is 0 Å². The number of hydrogen-bond donors (Lipinski definition) is 1. The molecule has 0 unspecified atom stereocenters. The molecule has 0 fully saturated rings. The fourth-order valence-electron chi connectivity index (χ4n) is 1.47. The predicted octanol–water partition coefficient (Wildman–Crippen LogP) is 0.831. The second-order valence-electron chi connectivity index (χ2n) is 3.70. The van der Waals surface area contributed by atoms with Crippen molar-refractivity contribution < 1.29 is 39.3 Å². The number of hydrogen-bond acceptors (Lipinski definition) is 6. The van der Waals surface area contributed by atoms with E-state index in [1.54, 1.807) is 31.3 Å². The van der Waals surface area contributed by atoms with Crippen molar-refractivity contribution in [2.24, 2.45) is 0 Å². The number of carbonyl (C=O) groups is 2. The summed E-state index contributed by atoms with van der Waals surface area (Å²) in [4.78, 5) is 23.5. The van der Waals surface area contributed by atoms with Crippen molar-refractivity contribution in [3.63, 3.8) is 0 Å². The van der Waals surface area contributed by atoms with Gasteiger partial charge in [-0.3, -0.25) is 0 Å². The Morgan fingerprint density at radius 3 is 2.43 bits per heavy atom. The molecule has 1 aromatic rings. The van der Waals surface area contributed by atoms with E-state index in [-0.39, 0.29) is 9.95 Å². The number of allylic oxidation sites excluding steroid dienone is 1. The molecule has 7 heteroatoms. The van der Waals surface area contributed by atoms with Crippen molar-refractivity contribution in [1.29, 1.82) is 0 Å². The fraction of sp³-hybridized carbons (Fsp3) is 0.214. The number of esters is 2. The third-order valence-corrected chi connectivity index (χ3v) is 3.06. The first-order valence-corrected chi connectivity index (χ1v) is 6.53. The number of carbonyl (C=O) groups excluding carboxylic acids is 2. The van der Waals surface area contributed by atoms with Gasteiger partial charge in [-0.25, -0.2) is 0 Å². The molecular formula is C14H15CrNO5. The Bertz CT molecular complexity index is 587. The topological polar surface area (TPSA) is 77.8 Å². The van der Waals surface area contributed by atoms with E-state index >= 15 is 0 Å². The van der Waals surface area contributed by atoms with Gasteiger partial charge in [0.05, 0.1) is 0 Å². The van der Waals surface area contributed by atoms with Gasteiger partial charge in [0.15, 0.2) is 0 Å². The molecule has 0 spiro atoms. The molecule has 0 saturated heterocycles. The summed E-state index contributed by atoms with van der Waals surface area (Å²) in [5.41, 5.74) is 0.437. The molecule has 21 heavy (non-hydrogen) atoms. The molecule has 1 aromatic heterocycles. The van der Waals surface area contributed by atoms with Crippen molar-refractivity contribution >= 4 is 22.4 Å². The first kappa shape index (κ1) is 17.0. The molecule has 0 amide bonds. The molecule has 0 bridgehead atoms. The molecule has 0 aliphatic carbocycles. The van der Waals surface area contributed by atoms with Gasteiger partial charge in [-0.15, -0.1) is 0 Å². The van der Waals surface area contributed by atoms with Crippen LogP contribution in [-0.4, -0.2) is 37.6 Å². The summed E-state index contributed by atoms with van der Waals surface area (Å²) in [5.74, 6) is -0.719. The molecule has 0 aliphatic rings. The minimum atomic E-state index is -0.664. The number of nitrogens with one attached hydrogen (secondary N) is 1. The van der Waals surface area contributed by atoms with Gasteiger partial charge in [-0.05, 0) is 0 Å². The van der Waals surface area contributed by atoms with Crippen LogP contribution in [0.25, 0.3) is 6.08 Å². The van der Waals surface area contributed by atoms with Gasteiger partial charge in [-0.2, -0.15) is 0 Å². The van der Waals surface area contributed by atoms with Gasteiger partial charge < -0.3 is 0 Å². The van der Waals surface area contributed by atoms with Gasteiger partial charge in [0, 0.05) is 0 Å². The van der Waals surface area contributed by atoms with Gasteiger partial charge in [0.25, 0.3) is 0 Å². The third kappa shape index (κ3) is 4.45. The summed E-state index contributed by atoms with van der Waals surface area (Å²) >= 11 is 2.54. The molecule has 1 heterocycles. The Balaban J connectivity index is 3.25. The van der Waals surface area contributed by atoms with Crippen LogP contribution in [0.15, 0.2) is 40.2 Å². The van der Waals surface area contributed by atoms with Crippen molar-refractivity contribution in [3.05, 3.63) is 41.5 Å². The Kier molecular flexibility index (Phi) is 6.66. The molecule has 1 rings (SSSR count). The molecule has 0 atom stereocenters. The first-order chi connectivity index (χ1) is 10.0. The van der Waals surface area contributed by atoms with Crippen LogP contribution in [0.2, 0.25) is 0 Å². The Morgan fingerprint density at radius 1 is 1.29 bits per heavy atom. The number of rotatable bonds is 6. The van der Waals surface area contributed by atoms with Gasteiger partial charge in [-0.1, -0.05) is 0 Å². The number of furan rings is 1. The van der Waals surface area contributed by atoms with E-state index in [9.17, 15) is 9.59 Å². The summed E-state index contributed by atoms with van der Waals surface area (Å²) in [6.45, 7) is 0. The van der Waals surface area contributed by atoms with Gasteiger partial charge >= 0.3 is 130 Å². The zero-order valence-corrected chi connectivity index (χ0v) is 13.1. The summed E-state index contributed by atoms with van der Waals surface area (Å²) in [5, 5.41) is 2.84. The Morgan fingerprint density at radius 2 is 1.95 bits per heavy atom. The summed E-state index contributed by atoms with van der Waals surface area (Å²) in [7, 11) is 4.08. The number of ether oxygens (including phenoxy) is 2. The van der Waals surface area contributed by atoms with E-state index in [4.69, 9.17) is 9.15 Å². The minimum absolute atomic E-state index is 0.0257. The molecular weight excluding hydrogens is 314 g/mol. The SMILES string of the molecule is CNC(/C=C/c1ccco1)=C(\C(=O)OC)[C](=[Cr])C(=O)OC. The van der Waals surface area contributed by atoms with Crippen LogP contribution in [0.1, 0.15) is 5.76 Å². The van der Waals surface area contributed by atoms with E-state index in [1.807, 2.05) is 0 Å². The summed E-state index contributed by atoms with van der Waals surface area (Å²) < 4.78 is 14.5. The van der Waals surface area contributed by atoms with E-state index in [0.29, 0.717) is 11.5 Å². The maximum atomic E-state index is 11.9. The molecule has 0 radical (unpaired) electrons. The van der Waals surface area contributed by atoms with Gasteiger partial charge in [0.1, 0.15) is 0 Å². The molecule has 6 nitrogen and oxygen atoms in total. The van der Waals surface area contributed by atoms with Gasteiger partial charge in [0.2, 0.25) is 0 Å². The normalized spacial score (nSPS) is 11.8. The van der Waals surface area contributed by atoms with Crippen LogP contribution < -0.4 is 5.32 Å². The van der Waals surface area contributed by atoms with Crippen molar-refractivity contribution in [2.45, 2.75) is 0 Å². The standard InChI is InChI=1S/C14H15NO5.Cr/c1-15-12(7-6-10-5-4-8-20-10)11(14(17)19-3)9-13(16)18-2;/h4-8,15H,1-3H3;/b7-6+,12-11-;. The number of methoxy groups -OCH3 is 2. The first-order valence-electron chi connectivity index (χ1n) is 5.89. The molecule has 1 N–H and O–H groups in total. The van der Waals surface area contributed by atoms with Crippen molar-refractivity contribution in [3.8, 4) is 0 Å². The van der Waals surface area contributed by atoms with Crippen molar-refractivity contribution in [1.82, 2.24) is 5.32 Å². The van der Waals surface area contributed by atoms with Crippen molar-refractivity contribution in [2.75, 3.05) is 21.3 Å². The summed E-state index contributed by atoms with van der Waals surface area (Å²) in [6.07, 6.45) is 4.79. The Hall–Kier alpha value is -2.10. The van der Waals surface area contributed by atoms with E-state index < -0.39 is 11.9 Å². The molecule has 0 aliphatic heterocycles. The van der Waals surface area contributed by atoms with E-state index in [0.717, 1.165) is 0 Å². The quantitative estimate of drug-likeness (QED) is 0.473. The average Bonchev–Trinajstić information content (AvgIpc) is 3.02. The zero-order valence-electron chi connectivity index (χ0n) is 11.8. The van der Waals surface area contributed by atoms with Crippen LogP contribution in [0.3, 0.4) is 0 Å². The second kappa shape index (κ2) is 8.25. The van der Waals surface area contributed by atoms with Crippen LogP contribution in [0.4, 0.5) is 0 Å². The van der Waals surface area contributed by atoms with Crippen LogP contribution >= 0.6 is 0 Å². The molecule has 112 valence electrons. The fourth-order valence-corrected chi connectivity index (χ4v) is 1.90. The third-order valence-electron chi connectivity index (χ3n) is 2.48. The van der Waals surface area contributed by atoms with E-state index in [2.05, 4.69) is 25.9 Å². The summed E-state index contributed by atoms with van der Waals surface area (Å²) in [6, 6.07) is 3.49. The monoisotopic (exact) mass is 329 g/mol. The van der Waals surface area contributed by atoms with E-state index in [1.165, 1.54) is 20.5 Å². The van der Waals surface area contributed by atoms with Crippen LogP contribution in [-0.2, 0) is 34.9 Å². The Labute approximate surface area is 130 Å².